The molecule has 0 saturated heterocycles. The molecule has 0 radical (unpaired) electrons. The number of hydrogen-bond donors (Lipinski definition) is 1. The van der Waals surface area contributed by atoms with E-state index < -0.39 is 0 Å². The van der Waals surface area contributed by atoms with Gasteiger partial charge in [0.2, 0.25) is 0 Å². The molecule has 1 aliphatic rings. The first-order chi connectivity index (χ1) is 8.95. The Balaban J connectivity index is 2.16. The number of ether oxygens (including phenoxy) is 3. The van der Waals surface area contributed by atoms with Crippen LogP contribution in [0.2, 0.25) is 0 Å². The average molecular weight is 265 g/mol. The zero-order chi connectivity index (χ0) is 14.0. The lowest BCUT2D eigenvalue weighted by molar-refractivity contribution is -0.0194. The van der Waals surface area contributed by atoms with Gasteiger partial charge < -0.3 is 19.9 Å². The van der Waals surface area contributed by atoms with Crippen molar-refractivity contribution in [3.05, 3.63) is 23.8 Å². The molecule has 1 unspecified atom stereocenters. The number of rotatable bonds is 4. The molecule has 4 heteroatoms. The molecule has 1 aromatic carbocycles. The van der Waals surface area contributed by atoms with Crippen molar-refractivity contribution in [1.82, 2.24) is 0 Å². The summed E-state index contributed by atoms with van der Waals surface area (Å²) in [5.74, 6) is 1.67. The van der Waals surface area contributed by atoms with Gasteiger partial charge in [0, 0.05) is 31.6 Å². The van der Waals surface area contributed by atoms with E-state index >= 15 is 0 Å². The lowest BCUT2D eigenvalue weighted by Gasteiger charge is -2.34. The number of hydrogen-bond acceptors (Lipinski definition) is 4. The highest BCUT2D eigenvalue weighted by Crippen LogP contribution is 2.38. The van der Waals surface area contributed by atoms with Gasteiger partial charge in [-0.05, 0) is 32.0 Å². The van der Waals surface area contributed by atoms with E-state index in [0.29, 0.717) is 0 Å². The van der Waals surface area contributed by atoms with Gasteiger partial charge in [0.25, 0.3) is 0 Å². The highest BCUT2D eigenvalue weighted by Gasteiger charge is 2.31. The Labute approximate surface area is 114 Å². The summed E-state index contributed by atoms with van der Waals surface area (Å²) >= 11 is 0. The van der Waals surface area contributed by atoms with Crippen LogP contribution in [-0.4, -0.2) is 25.9 Å². The normalized spacial score (nSPS) is 22.6. The Hall–Kier alpha value is -1.26. The standard InChI is InChI=1S/C15H23NO3/c1-15(2,18-4)9-11-8-13(16)12-7-10(17-3)5-6-14(12)19-11/h5-7,11,13H,8-9,16H2,1-4H3/t11?,13-/m1/s1. The molecular weight excluding hydrogens is 242 g/mol. The van der Waals surface area contributed by atoms with E-state index in [1.807, 2.05) is 18.2 Å². The van der Waals surface area contributed by atoms with Crippen LogP contribution in [0, 0.1) is 0 Å². The fourth-order valence-corrected chi connectivity index (χ4v) is 2.45. The molecule has 0 aromatic heterocycles. The molecule has 0 aliphatic carbocycles. The van der Waals surface area contributed by atoms with Crippen LogP contribution in [0.1, 0.15) is 38.3 Å². The second kappa shape index (κ2) is 5.39. The van der Waals surface area contributed by atoms with Gasteiger partial charge in [-0.25, -0.2) is 0 Å². The summed E-state index contributed by atoms with van der Waals surface area (Å²) in [6.45, 7) is 4.12. The number of fused-ring (bicyclic) bond motifs is 1. The highest BCUT2D eigenvalue weighted by atomic mass is 16.5. The third kappa shape index (κ3) is 3.19. The fraction of sp³-hybridized carbons (Fsp3) is 0.600. The quantitative estimate of drug-likeness (QED) is 0.909. The third-order valence-electron chi connectivity index (χ3n) is 3.70. The number of methoxy groups -OCH3 is 2. The van der Waals surface area contributed by atoms with Gasteiger partial charge in [-0.1, -0.05) is 0 Å². The molecule has 106 valence electrons. The Bertz CT molecular complexity index is 445. The van der Waals surface area contributed by atoms with E-state index in [-0.39, 0.29) is 17.7 Å². The minimum Gasteiger partial charge on any atom is -0.497 e. The van der Waals surface area contributed by atoms with Crippen LogP contribution in [0.5, 0.6) is 11.5 Å². The average Bonchev–Trinajstić information content (AvgIpc) is 2.38. The summed E-state index contributed by atoms with van der Waals surface area (Å²) < 4.78 is 16.7. The van der Waals surface area contributed by atoms with Crippen LogP contribution >= 0.6 is 0 Å². The maximum absolute atomic E-state index is 6.24. The molecule has 0 fully saturated rings. The molecule has 19 heavy (non-hydrogen) atoms. The van der Waals surface area contributed by atoms with Gasteiger partial charge in [0.15, 0.2) is 0 Å². The number of benzene rings is 1. The van der Waals surface area contributed by atoms with Gasteiger partial charge in [-0.15, -0.1) is 0 Å². The molecular formula is C15H23NO3. The summed E-state index contributed by atoms with van der Waals surface area (Å²) in [5.41, 5.74) is 7.06. The van der Waals surface area contributed by atoms with E-state index in [1.165, 1.54) is 0 Å². The smallest absolute Gasteiger partial charge is 0.124 e. The summed E-state index contributed by atoms with van der Waals surface area (Å²) in [7, 11) is 3.38. The van der Waals surface area contributed by atoms with E-state index in [1.54, 1.807) is 14.2 Å². The molecule has 1 aliphatic heterocycles. The first kappa shape index (κ1) is 14.2. The predicted octanol–water partition coefficient (Wildman–Crippen LogP) is 2.66. The van der Waals surface area contributed by atoms with E-state index in [4.69, 9.17) is 19.9 Å². The monoisotopic (exact) mass is 265 g/mol. The summed E-state index contributed by atoms with van der Waals surface area (Å²) in [4.78, 5) is 0. The molecule has 2 rings (SSSR count). The van der Waals surface area contributed by atoms with Crippen LogP contribution in [0.15, 0.2) is 18.2 Å². The molecule has 0 saturated carbocycles. The minimum absolute atomic E-state index is 0.0171. The Morgan fingerprint density at radius 1 is 1.37 bits per heavy atom. The molecule has 0 bridgehead atoms. The van der Waals surface area contributed by atoms with Crippen LogP contribution in [0.25, 0.3) is 0 Å². The molecule has 1 heterocycles. The number of nitrogens with two attached hydrogens (primary N) is 1. The van der Waals surface area contributed by atoms with Crippen molar-refractivity contribution >= 4 is 0 Å². The van der Waals surface area contributed by atoms with Crippen molar-refractivity contribution in [2.45, 2.75) is 44.4 Å². The summed E-state index contributed by atoms with van der Waals surface area (Å²) in [6.07, 6.45) is 1.71. The van der Waals surface area contributed by atoms with Crippen molar-refractivity contribution in [1.29, 1.82) is 0 Å². The minimum atomic E-state index is -0.200. The fourth-order valence-electron chi connectivity index (χ4n) is 2.45. The SMILES string of the molecule is COc1ccc2c(c1)[C@H](N)CC(CC(C)(C)OC)O2. The summed E-state index contributed by atoms with van der Waals surface area (Å²) in [6, 6.07) is 5.77. The second-order valence-electron chi connectivity index (χ2n) is 5.65. The van der Waals surface area contributed by atoms with Gasteiger partial charge in [0.1, 0.15) is 17.6 Å². The van der Waals surface area contributed by atoms with Crippen molar-refractivity contribution in [3.63, 3.8) is 0 Å². The van der Waals surface area contributed by atoms with E-state index in [0.717, 1.165) is 29.9 Å². The summed E-state index contributed by atoms with van der Waals surface area (Å²) in [5, 5.41) is 0. The topological polar surface area (TPSA) is 53.7 Å². The van der Waals surface area contributed by atoms with Crippen molar-refractivity contribution < 1.29 is 14.2 Å². The van der Waals surface area contributed by atoms with Gasteiger partial charge in [0.05, 0.1) is 12.7 Å². The first-order valence-corrected chi connectivity index (χ1v) is 6.60. The van der Waals surface area contributed by atoms with Crippen LogP contribution < -0.4 is 15.2 Å². The largest absolute Gasteiger partial charge is 0.497 e. The lowest BCUT2D eigenvalue weighted by atomic mass is 9.91. The maximum atomic E-state index is 6.24. The Kier molecular flexibility index (Phi) is 4.02. The van der Waals surface area contributed by atoms with Crippen molar-refractivity contribution in [2.24, 2.45) is 5.73 Å². The molecule has 2 atom stereocenters. The Morgan fingerprint density at radius 2 is 2.11 bits per heavy atom. The van der Waals surface area contributed by atoms with Gasteiger partial charge >= 0.3 is 0 Å². The molecule has 0 amide bonds. The molecule has 1 aromatic rings. The van der Waals surface area contributed by atoms with Crippen LogP contribution in [0.4, 0.5) is 0 Å². The van der Waals surface area contributed by atoms with Crippen molar-refractivity contribution in [3.8, 4) is 11.5 Å². The Morgan fingerprint density at radius 3 is 2.74 bits per heavy atom. The zero-order valence-corrected chi connectivity index (χ0v) is 12.1. The predicted molar refractivity (Wildman–Crippen MR) is 74.7 cm³/mol. The van der Waals surface area contributed by atoms with Crippen molar-refractivity contribution in [2.75, 3.05) is 14.2 Å². The zero-order valence-electron chi connectivity index (χ0n) is 12.1. The second-order valence-corrected chi connectivity index (χ2v) is 5.65. The highest BCUT2D eigenvalue weighted by molar-refractivity contribution is 5.43. The molecule has 4 nitrogen and oxygen atoms in total. The van der Waals surface area contributed by atoms with E-state index in [2.05, 4.69) is 13.8 Å². The van der Waals surface area contributed by atoms with Crippen LogP contribution in [-0.2, 0) is 4.74 Å². The van der Waals surface area contributed by atoms with Gasteiger partial charge in [-0.2, -0.15) is 0 Å². The first-order valence-electron chi connectivity index (χ1n) is 6.60. The maximum Gasteiger partial charge on any atom is 0.124 e. The van der Waals surface area contributed by atoms with Gasteiger partial charge in [-0.3, -0.25) is 0 Å². The molecule has 2 N–H and O–H groups in total. The molecule has 0 spiro atoms. The van der Waals surface area contributed by atoms with E-state index in [9.17, 15) is 0 Å². The van der Waals surface area contributed by atoms with Crippen LogP contribution in [0.3, 0.4) is 0 Å². The third-order valence-corrected chi connectivity index (χ3v) is 3.70. The lowest BCUT2D eigenvalue weighted by Crippen LogP contribution is -2.36.